The highest BCUT2D eigenvalue weighted by molar-refractivity contribution is 6.38. The summed E-state index contributed by atoms with van der Waals surface area (Å²) in [6.07, 6.45) is 5.64. The van der Waals surface area contributed by atoms with Crippen molar-refractivity contribution in [2.75, 3.05) is 5.32 Å². The van der Waals surface area contributed by atoms with Crippen LogP contribution in [-0.2, 0) is 4.79 Å². The number of phenols is 1. The highest BCUT2D eigenvalue weighted by atomic mass is 35.5. The van der Waals surface area contributed by atoms with Gasteiger partial charge in [-0.2, -0.15) is 9.37 Å². The highest BCUT2D eigenvalue weighted by Gasteiger charge is 2.27. The third kappa shape index (κ3) is 6.64. The van der Waals surface area contributed by atoms with E-state index in [1.54, 1.807) is 6.07 Å². The van der Waals surface area contributed by atoms with Crippen molar-refractivity contribution in [2.24, 2.45) is 5.92 Å². The molecule has 3 rings (SSSR count). The van der Waals surface area contributed by atoms with Crippen LogP contribution in [0.1, 0.15) is 71.3 Å². The number of ether oxygens (including phenoxy) is 1. The lowest BCUT2D eigenvalue weighted by molar-refractivity contribution is -0.138. The van der Waals surface area contributed by atoms with Gasteiger partial charge in [0.1, 0.15) is 27.6 Å². The first-order valence-corrected chi connectivity index (χ1v) is 11.5. The first kappa shape index (κ1) is 27.0. The van der Waals surface area contributed by atoms with Gasteiger partial charge in [-0.25, -0.2) is 4.79 Å². The van der Waals surface area contributed by atoms with Crippen molar-refractivity contribution in [3.05, 3.63) is 39.8 Å². The average molecular weight is 501 g/mol. The molecule has 0 bridgehead atoms. The van der Waals surface area contributed by atoms with Crippen LogP contribution in [0.3, 0.4) is 0 Å². The summed E-state index contributed by atoms with van der Waals surface area (Å²) in [5.41, 5.74) is 0.640. The van der Waals surface area contributed by atoms with Crippen molar-refractivity contribution >= 4 is 35.0 Å². The molecule has 1 heterocycles. The SMILES string of the molecule is C.CC(C)c1cc(Oc2c(Cl)c(F)nc(N[C@@H](CC3CCCCC3)C(=O)O)c2Cl)ccc1O. The van der Waals surface area contributed by atoms with Crippen molar-refractivity contribution in [3.8, 4) is 17.2 Å². The van der Waals surface area contributed by atoms with E-state index in [-0.39, 0.29) is 41.6 Å². The van der Waals surface area contributed by atoms with Gasteiger partial charge in [0.15, 0.2) is 11.6 Å². The van der Waals surface area contributed by atoms with Crippen LogP contribution in [-0.4, -0.2) is 27.2 Å². The molecular weight excluding hydrogens is 470 g/mol. The fourth-order valence-electron chi connectivity index (χ4n) is 4.00. The fourth-order valence-corrected chi connectivity index (χ4v) is 4.45. The van der Waals surface area contributed by atoms with Crippen molar-refractivity contribution in [1.82, 2.24) is 4.98 Å². The number of nitrogens with one attached hydrogen (secondary N) is 1. The van der Waals surface area contributed by atoms with Crippen molar-refractivity contribution in [2.45, 2.75) is 71.8 Å². The minimum atomic E-state index is -1.06. The molecule has 33 heavy (non-hydrogen) atoms. The van der Waals surface area contributed by atoms with E-state index in [2.05, 4.69) is 10.3 Å². The van der Waals surface area contributed by atoms with E-state index < -0.39 is 23.0 Å². The molecule has 0 spiro atoms. The molecule has 3 N–H and O–H groups in total. The summed E-state index contributed by atoms with van der Waals surface area (Å²) in [5.74, 6) is -1.71. The zero-order valence-electron chi connectivity index (χ0n) is 18.0. The molecule has 0 amide bonds. The normalized spacial score (nSPS) is 15.1. The Bertz CT molecular complexity index is 981. The van der Waals surface area contributed by atoms with Crippen LogP contribution in [0.4, 0.5) is 10.2 Å². The van der Waals surface area contributed by atoms with Gasteiger partial charge in [0.05, 0.1) is 0 Å². The first-order chi connectivity index (χ1) is 15.2. The van der Waals surface area contributed by atoms with E-state index in [0.717, 1.165) is 32.1 Å². The number of aliphatic carboxylic acids is 1. The smallest absolute Gasteiger partial charge is 0.326 e. The zero-order chi connectivity index (χ0) is 23.4. The Morgan fingerprint density at radius 2 is 1.91 bits per heavy atom. The van der Waals surface area contributed by atoms with Gasteiger partial charge in [0.2, 0.25) is 5.95 Å². The number of carbonyl (C=O) groups is 1. The molecule has 1 saturated carbocycles. The Morgan fingerprint density at radius 1 is 1.24 bits per heavy atom. The van der Waals surface area contributed by atoms with Crippen molar-refractivity contribution < 1.29 is 24.1 Å². The fraction of sp³-hybridized carbons (Fsp3) is 0.500. The molecule has 1 aliphatic carbocycles. The molecule has 6 nitrogen and oxygen atoms in total. The number of aromatic nitrogens is 1. The summed E-state index contributed by atoms with van der Waals surface area (Å²) < 4.78 is 20.3. The number of hydrogen-bond donors (Lipinski definition) is 3. The van der Waals surface area contributed by atoms with Gasteiger partial charge in [-0.1, -0.05) is 76.6 Å². The summed E-state index contributed by atoms with van der Waals surface area (Å²) in [4.78, 5) is 15.6. The second-order valence-electron chi connectivity index (χ2n) is 8.46. The molecular formula is C24H31Cl2FN2O4. The van der Waals surface area contributed by atoms with Gasteiger partial charge in [-0.15, -0.1) is 0 Å². The summed E-state index contributed by atoms with van der Waals surface area (Å²) in [6, 6.07) is 3.61. The molecule has 1 fully saturated rings. The van der Waals surface area contributed by atoms with Crippen LogP contribution in [0.5, 0.6) is 17.2 Å². The number of halogens is 3. The zero-order valence-corrected chi connectivity index (χ0v) is 19.5. The number of anilines is 1. The molecule has 1 aliphatic rings. The van der Waals surface area contributed by atoms with Crippen LogP contribution in [0.2, 0.25) is 10.0 Å². The van der Waals surface area contributed by atoms with E-state index in [1.165, 1.54) is 12.1 Å². The molecule has 0 aliphatic heterocycles. The molecule has 2 aromatic rings. The minimum Gasteiger partial charge on any atom is -0.508 e. The number of carboxylic acids is 1. The number of rotatable bonds is 8. The third-order valence-electron chi connectivity index (χ3n) is 5.74. The number of carboxylic acid groups (broad SMARTS) is 1. The second kappa shape index (κ2) is 11.7. The number of aromatic hydroxyl groups is 1. The Hall–Kier alpha value is -2.25. The van der Waals surface area contributed by atoms with E-state index in [9.17, 15) is 19.4 Å². The number of hydrogen-bond acceptors (Lipinski definition) is 5. The Kier molecular flexibility index (Phi) is 9.61. The van der Waals surface area contributed by atoms with Crippen LogP contribution in [0.15, 0.2) is 18.2 Å². The highest BCUT2D eigenvalue weighted by Crippen LogP contribution is 2.42. The molecule has 0 unspecified atom stereocenters. The average Bonchev–Trinajstić information content (AvgIpc) is 2.76. The topological polar surface area (TPSA) is 91.7 Å². The van der Waals surface area contributed by atoms with E-state index >= 15 is 0 Å². The minimum absolute atomic E-state index is 0. The largest absolute Gasteiger partial charge is 0.508 e. The number of pyridine rings is 1. The van der Waals surface area contributed by atoms with E-state index in [4.69, 9.17) is 27.9 Å². The Labute approximate surface area is 204 Å². The quantitative estimate of drug-likeness (QED) is 0.322. The maximum absolute atomic E-state index is 14.5. The lowest BCUT2D eigenvalue weighted by Gasteiger charge is -2.25. The second-order valence-corrected chi connectivity index (χ2v) is 9.22. The first-order valence-electron chi connectivity index (χ1n) is 10.7. The summed E-state index contributed by atoms with van der Waals surface area (Å²) in [5, 5.41) is 21.9. The summed E-state index contributed by atoms with van der Waals surface area (Å²) in [6.45, 7) is 3.82. The monoisotopic (exact) mass is 500 g/mol. The summed E-state index contributed by atoms with van der Waals surface area (Å²) >= 11 is 12.5. The lowest BCUT2D eigenvalue weighted by Crippen LogP contribution is -2.32. The van der Waals surface area contributed by atoms with Gasteiger partial charge in [-0.05, 0) is 36.5 Å². The van der Waals surface area contributed by atoms with Crippen molar-refractivity contribution in [1.29, 1.82) is 0 Å². The molecule has 9 heteroatoms. The van der Waals surface area contributed by atoms with Crippen LogP contribution >= 0.6 is 23.2 Å². The molecule has 1 atom stereocenters. The van der Waals surface area contributed by atoms with Gasteiger partial charge < -0.3 is 20.3 Å². The van der Waals surface area contributed by atoms with Gasteiger partial charge in [-0.3, -0.25) is 0 Å². The van der Waals surface area contributed by atoms with E-state index in [1.807, 2.05) is 13.8 Å². The molecule has 0 radical (unpaired) electrons. The maximum Gasteiger partial charge on any atom is 0.326 e. The van der Waals surface area contributed by atoms with Gasteiger partial charge in [0, 0.05) is 5.56 Å². The van der Waals surface area contributed by atoms with Crippen LogP contribution in [0, 0.1) is 11.9 Å². The Morgan fingerprint density at radius 3 is 2.52 bits per heavy atom. The predicted molar refractivity (Wildman–Crippen MR) is 129 cm³/mol. The van der Waals surface area contributed by atoms with Crippen LogP contribution in [0.25, 0.3) is 0 Å². The number of benzene rings is 1. The molecule has 1 aromatic carbocycles. The number of nitrogens with zero attached hydrogens (tertiary/aromatic N) is 1. The maximum atomic E-state index is 14.5. The predicted octanol–water partition coefficient (Wildman–Crippen LogP) is 7.62. The van der Waals surface area contributed by atoms with Crippen molar-refractivity contribution in [3.63, 3.8) is 0 Å². The standard InChI is InChI=1S/C23H27Cl2FN2O4.CH4/c1-12(2)15-11-14(8-9-17(15)29)32-20-18(24)21(26)28-22(19(20)25)27-16(23(30)31)10-13-6-4-3-5-7-13;/h8-9,11-13,16,29H,3-7,10H2,1-2H3,(H,27,28)(H,30,31);1H4/t16-;/m0./s1. The summed E-state index contributed by atoms with van der Waals surface area (Å²) in [7, 11) is 0. The van der Waals surface area contributed by atoms with Gasteiger partial charge >= 0.3 is 5.97 Å². The molecule has 1 aromatic heterocycles. The number of phenolic OH excluding ortho intramolecular Hbond substituents is 1. The molecule has 182 valence electrons. The lowest BCUT2D eigenvalue weighted by atomic mass is 9.85. The third-order valence-corrected chi connectivity index (χ3v) is 6.42. The van der Waals surface area contributed by atoms with E-state index in [0.29, 0.717) is 17.7 Å². The van der Waals surface area contributed by atoms with Crippen LogP contribution < -0.4 is 10.1 Å². The van der Waals surface area contributed by atoms with Gasteiger partial charge in [0.25, 0.3) is 0 Å². The Balaban J connectivity index is 0.00000385. The molecule has 0 saturated heterocycles.